The molecule has 7 nitrogen and oxygen atoms in total. The Bertz CT molecular complexity index is 1010. The second-order valence-corrected chi connectivity index (χ2v) is 6.88. The Kier molecular flexibility index (Phi) is 6.38. The van der Waals surface area contributed by atoms with Gasteiger partial charge in [-0.05, 0) is 42.0 Å². The molecule has 0 unspecified atom stereocenters. The Labute approximate surface area is 175 Å². The molecule has 1 aliphatic heterocycles. The maximum atomic E-state index is 12.9. The predicted octanol–water partition coefficient (Wildman–Crippen LogP) is 3.61. The van der Waals surface area contributed by atoms with E-state index >= 15 is 0 Å². The molecule has 0 aromatic heterocycles. The van der Waals surface area contributed by atoms with Crippen molar-refractivity contribution in [2.75, 3.05) is 26.2 Å². The number of rotatable bonds is 4. The van der Waals surface area contributed by atoms with Crippen LogP contribution < -0.4 is 0 Å². The van der Waals surface area contributed by atoms with E-state index in [0.29, 0.717) is 5.56 Å². The number of hydrogen-bond donors (Lipinski definition) is 0. The van der Waals surface area contributed by atoms with Gasteiger partial charge >= 0.3 is 6.18 Å². The van der Waals surface area contributed by atoms with E-state index in [1.165, 1.54) is 58.4 Å². The summed E-state index contributed by atoms with van der Waals surface area (Å²) in [5, 5.41) is 10.7. The van der Waals surface area contributed by atoms with Crippen LogP contribution in [-0.4, -0.2) is 52.7 Å². The SMILES string of the molecule is O=C(/C=C/c1ccc([N+](=O)[O-])cc1)N1CCN(C(=O)c2cccc(C(F)(F)F)c2)CC1. The van der Waals surface area contributed by atoms with E-state index in [1.807, 2.05) is 0 Å². The summed E-state index contributed by atoms with van der Waals surface area (Å²) in [5.41, 5.74) is -0.362. The second-order valence-electron chi connectivity index (χ2n) is 6.88. The van der Waals surface area contributed by atoms with Gasteiger partial charge in [0.15, 0.2) is 0 Å². The summed E-state index contributed by atoms with van der Waals surface area (Å²) in [7, 11) is 0. The minimum atomic E-state index is -4.53. The Hall–Kier alpha value is -3.69. The largest absolute Gasteiger partial charge is 0.416 e. The number of amides is 2. The lowest BCUT2D eigenvalue weighted by Gasteiger charge is -2.34. The molecular formula is C21H18F3N3O4. The molecule has 0 N–H and O–H groups in total. The zero-order chi connectivity index (χ0) is 22.6. The number of carbonyl (C=O) groups is 2. The Morgan fingerprint density at radius 2 is 1.58 bits per heavy atom. The molecular weight excluding hydrogens is 415 g/mol. The molecule has 1 fully saturated rings. The molecule has 2 aromatic rings. The van der Waals surface area contributed by atoms with Crippen LogP contribution in [0.4, 0.5) is 18.9 Å². The molecule has 1 saturated heterocycles. The lowest BCUT2D eigenvalue weighted by atomic mass is 10.1. The van der Waals surface area contributed by atoms with Crippen LogP contribution in [0.3, 0.4) is 0 Å². The molecule has 0 aliphatic carbocycles. The number of carbonyl (C=O) groups excluding carboxylic acids is 2. The van der Waals surface area contributed by atoms with Crippen molar-refractivity contribution in [1.29, 1.82) is 0 Å². The van der Waals surface area contributed by atoms with Crippen molar-refractivity contribution in [3.63, 3.8) is 0 Å². The van der Waals surface area contributed by atoms with Gasteiger partial charge in [0.05, 0.1) is 10.5 Å². The summed E-state index contributed by atoms with van der Waals surface area (Å²) in [6.07, 6.45) is -1.66. The van der Waals surface area contributed by atoms with Crippen LogP contribution >= 0.6 is 0 Å². The van der Waals surface area contributed by atoms with Crippen molar-refractivity contribution in [3.05, 3.63) is 81.4 Å². The minimum Gasteiger partial charge on any atom is -0.336 e. The molecule has 0 spiro atoms. The van der Waals surface area contributed by atoms with Gasteiger partial charge in [0.2, 0.25) is 5.91 Å². The molecule has 2 amide bonds. The van der Waals surface area contributed by atoms with Crippen LogP contribution in [0.15, 0.2) is 54.6 Å². The summed E-state index contributed by atoms with van der Waals surface area (Å²) >= 11 is 0. The third-order valence-corrected chi connectivity index (χ3v) is 4.84. The number of nitro benzene ring substituents is 1. The molecule has 0 saturated carbocycles. The van der Waals surface area contributed by atoms with Gasteiger partial charge in [0.25, 0.3) is 11.6 Å². The fourth-order valence-corrected chi connectivity index (χ4v) is 3.12. The van der Waals surface area contributed by atoms with E-state index in [-0.39, 0.29) is 43.3 Å². The molecule has 1 heterocycles. The molecule has 1 aliphatic rings. The summed E-state index contributed by atoms with van der Waals surface area (Å²) in [6, 6.07) is 9.98. The van der Waals surface area contributed by atoms with E-state index in [2.05, 4.69) is 0 Å². The van der Waals surface area contributed by atoms with Crippen LogP contribution in [0.1, 0.15) is 21.5 Å². The number of halogens is 3. The van der Waals surface area contributed by atoms with Gasteiger partial charge in [0, 0.05) is 50.0 Å². The zero-order valence-electron chi connectivity index (χ0n) is 16.2. The van der Waals surface area contributed by atoms with Crippen LogP contribution in [0.25, 0.3) is 6.08 Å². The average molecular weight is 433 g/mol. The fraction of sp³-hybridized carbons (Fsp3) is 0.238. The number of alkyl halides is 3. The highest BCUT2D eigenvalue weighted by Crippen LogP contribution is 2.29. The summed E-state index contributed by atoms with van der Waals surface area (Å²) in [5.74, 6) is -0.802. The van der Waals surface area contributed by atoms with Gasteiger partial charge in [-0.2, -0.15) is 13.2 Å². The van der Waals surface area contributed by atoms with Crippen LogP contribution in [0.2, 0.25) is 0 Å². The number of non-ortho nitro benzene ring substituents is 1. The molecule has 3 rings (SSSR count). The Morgan fingerprint density at radius 1 is 0.968 bits per heavy atom. The van der Waals surface area contributed by atoms with Gasteiger partial charge in [-0.15, -0.1) is 0 Å². The van der Waals surface area contributed by atoms with E-state index in [4.69, 9.17) is 0 Å². The van der Waals surface area contributed by atoms with E-state index in [9.17, 15) is 32.9 Å². The third-order valence-electron chi connectivity index (χ3n) is 4.84. The van der Waals surface area contributed by atoms with Gasteiger partial charge in [-0.25, -0.2) is 0 Å². The summed E-state index contributed by atoms with van der Waals surface area (Å²) < 4.78 is 38.6. The summed E-state index contributed by atoms with van der Waals surface area (Å²) in [6.45, 7) is 0.890. The number of piperazine rings is 1. The molecule has 162 valence electrons. The maximum absolute atomic E-state index is 12.9. The first-order valence-electron chi connectivity index (χ1n) is 9.33. The van der Waals surface area contributed by atoms with Crippen LogP contribution in [0, 0.1) is 10.1 Å². The smallest absolute Gasteiger partial charge is 0.336 e. The van der Waals surface area contributed by atoms with Gasteiger partial charge in [-0.3, -0.25) is 19.7 Å². The minimum absolute atomic E-state index is 0.0485. The first kappa shape index (κ1) is 22.0. The van der Waals surface area contributed by atoms with Crippen molar-refractivity contribution in [2.45, 2.75) is 6.18 Å². The molecule has 0 radical (unpaired) electrons. The highest BCUT2D eigenvalue weighted by atomic mass is 19.4. The van der Waals surface area contributed by atoms with Gasteiger partial charge in [-0.1, -0.05) is 6.07 Å². The van der Waals surface area contributed by atoms with Crippen molar-refractivity contribution in [3.8, 4) is 0 Å². The number of benzene rings is 2. The lowest BCUT2D eigenvalue weighted by Crippen LogP contribution is -2.50. The van der Waals surface area contributed by atoms with Crippen molar-refractivity contribution in [1.82, 2.24) is 9.80 Å². The number of hydrogen-bond acceptors (Lipinski definition) is 4. The first-order valence-corrected chi connectivity index (χ1v) is 9.33. The van der Waals surface area contributed by atoms with E-state index < -0.39 is 22.6 Å². The topological polar surface area (TPSA) is 83.8 Å². The quantitative estimate of drug-likeness (QED) is 0.419. The number of nitro groups is 1. The third kappa shape index (κ3) is 5.47. The monoisotopic (exact) mass is 433 g/mol. The zero-order valence-corrected chi connectivity index (χ0v) is 16.2. The normalized spacial score (nSPS) is 14.7. The lowest BCUT2D eigenvalue weighted by molar-refractivity contribution is -0.384. The standard InChI is InChI=1S/C21H18F3N3O4/c22-21(23,24)17-3-1-2-16(14-17)20(29)26-12-10-25(11-13-26)19(28)9-6-15-4-7-18(8-5-15)27(30)31/h1-9,14H,10-13H2/b9-6+. The molecule has 0 atom stereocenters. The molecule has 0 bridgehead atoms. The highest BCUT2D eigenvalue weighted by molar-refractivity contribution is 5.95. The first-order chi connectivity index (χ1) is 14.6. The molecule has 31 heavy (non-hydrogen) atoms. The molecule has 10 heteroatoms. The van der Waals surface area contributed by atoms with Gasteiger partial charge < -0.3 is 9.80 Å². The van der Waals surface area contributed by atoms with Gasteiger partial charge in [0.1, 0.15) is 0 Å². The van der Waals surface area contributed by atoms with Crippen LogP contribution in [-0.2, 0) is 11.0 Å². The number of nitrogens with zero attached hydrogens (tertiary/aromatic N) is 3. The van der Waals surface area contributed by atoms with Crippen molar-refractivity contribution < 1.29 is 27.7 Å². The Balaban J connectivity index is 1.57. The average Bonchev–Trinajstić information content (AvgIpc) is 2.77. The second kappa shape index (κ2) is 8.99. The summed E-state index contributed by atoms with van der Waals surface area (Å²) in [4.78, 5) is 38.0. The highest BCUT2D eigenvalue weighted by Gasteiger charge is 2.32. The van der Waals surface area contributed by atoms with E-state index in [0.717, 1.165) is 12.1 Å². The van der Waals surface area contributed by atoms with Crippen LogP contribution in [0.5, 0.6) is 0 Å². The fourth-order valence-electron chi connectivity index (χ4n) is 3.12. The predicted molar refractivity (Wildman–Crippen MR) is 106 cm³/mol. The van der Waals surface area contributed by atoms with Crippen molar-refractivity contribution in [2.24, 2.45) is 0 Å². The maximum Gasteiger partial charge on any atom is 0.416 e. The van der Waals surface area contributed by atoms with E-state index in [1.54, 1.807) is 0 Å². The molecule has 2 aromatic carbocycles. The Morgan fingerprint density at radius 3 is 2.16 bits per heavy atom. The van der Waals surface area contributed by atoms with Crippen molar-refractivity contribution >= 4 is 23.6 Å².